The third-order valence-corrected chi connectivity index (χ3v) is 12.0. The van der Waals surface area contributed by atoms with Crippen molar-refractivity contribution in [3.8, 4) is 44.5 Å². The van der Waals surface area contributed by atoms with Crippen LogP contribution in [0.4, 0.5) is 0 Å². The van der Waals surface area contributed by atoms with E-state index in [1.807, 2.05) is 48.6 Å². The molecule has 294 valence electrons. The maximum absolute atomic E-state index is 8.46. The van der Waals surface area contributed by atoms with E-state index in [2.05, 4.69) is 0 Å². The van der Waals surface area contributed by atoms with Gasteiger partial charge < -0.3 is 9.97 Å². The van der Waals surface area contributed by atoms with Gasteiger partial charge in [-0.2, -0.15) is 0 Å². The van der Waals surface area contributed by atoms with Gasteiger partial charge in [0, 0.05) is 62.4 Å². The molecule has 59 heavy (non-hydrogen) atoms. The molecule has 0 N–H and O–H groups in total. The fourth-order valence-corrected chi connectivity index (χ4v) is 9.40. The molecule has 0 radical (unpaired) electrons. The number of hydrogen-bond acceptors (Lipinski definition) is 4. The minimum absolute atomic E-state index is 0.415. The van der Waals surface area contributed by atoms with E-state index in [1.165, 1.54) is 0 Å². The van der Waals surface area contributed by atoms with Crippen LogP contribution in [-0.2, 0) is 24.2 Å². The molecule has 2 aliphatic heterocycles. The van der Waals surface area contributed by atoms with Crippen molar-refractivity contribution >= 4 is 139 Å². The predicted octanol–water partition coefficient (Wildman–Crippen LogP) is 15.6. The Morgan fingerprint density at radius 1 is 0.322 bits per heavy atom. The molecule has 0 amide bonds. The topological polar surface area (TPSA) is 88.1 Å². The molecule has 2 aliphatic rings. The van der Waals surface area contributed by atoms with Gasteiger partial charge in [0.25, 0.3) is 0 Å². The standard InChI is InChI=1S/C44H20Cl8N4.2O.Ru/c45-21-5-1-6-22(46)37(21)41-29-13-15-31(53-29)42(38-23(47)7-2-8-24(38)48)33-17-19-35(55-33)44(40-27(51)11-4-12-28(40)52)36-20-18-34(56-36)43(32-16-14-30(41)54-32)39-25(49)9-3-10-26(39)50;;;/h1-20H;;;/q-2;;;. The second-order valence-electron chi connectivity index (χ2n) is 12.8. The summed E-state index contributed by atoms with van der Waals surface area (Å²) in [5.41, 5.74) is 8.93. The van der Waals surface area contributed by atoms with E-state index in [4.69, 9.17) is 120 Å². The number of hydrogen-bond donors (Lipinski definition) is 0. The Kier molecular flexibility index (Phi) is 12.4. The third kappa shape index (κ3) is 7.90. The van der Waals surface area contributed by atoms with Gasteiger partial charge >= 0.3 is 24.2 Å². The molecule has 8 bridgehead atoms. The van der Waals surface area contributed by atoms with Crippen molar-refractivity contribution in [3.05, 3.63) is 160 Å². The first kappa shape index (κ1) is 41.7. The summed E-state index contributed by atoms with van der Waals surface area (Å²) < 4.78 is 16.9. The van der Waals surface area contributed by atoms with Gasteiger partial charge in [-0.05, 0) is 95.1 Å². The van der Waals surface area contributed by atoms with Gasteiger partial charge in [-0.3, -0.25) is 0 Å². The van der Waals surface area contributed by atoms with Gasteiger partial charge in [-0.15, -0.1) is 22.1 Å². The molecule has 0 aliphatic carbocycles. The number of fused-ring (bicyclic) bond motifs is 8. The zero-order valence-corrected chi connectivity index (χ0v) is 37.3. The number of benzene rings is 4. The summed E-state index contributed by atoms with van der Waals surface area (Å²) in [6, 6.07) is 28.8. The molecule has 6 nitrogen and oxygen atoms in total. The molecule has 0 fully saturated rings. The number of nitrogens with zero attached hydrogens (tertiary/aromatic N) is 4. The molecule has 5 heterocycles. The summed E-state index contributed by atoms with van der Waals surface area (Å²) in [5, 5.41) is 3.32. The fraction of sp³-hybridized carbons (Fsp3) is 0. The second kappa shape index (κ2) is 17.6. The number of aromatic nitrogens is 4. The molecular weight excluding hydrogens is 1000 g/mol. The van der Waals surface area contributed by atoms with E-state index >= 15 is 0 Å². The quantitative estimate of drug-likeness (QED) is 0.163. The van der Waals surface area contributed by atoms with Gasteiger partial charge in [0.1, 0.15) is 0 Å². The van der Waals surface area contributed by atoms with Crippen molar-refractivity contribution < 1.29 is 24.2 Å². The van der Waals surface area contributed by atoms with Gasteiger partial charge in [0.05, 0.1) is 22.8 Å². The van der Waals surface area contributed by atoms with Crippen LogP contribution in [0.5, 0.6) is 0 Å². The molecule has 3 aromatic heterocycles. The Balaban J connectivity index is 0.00000157. The van der Waals surface area contributed by atoms with Crippen LogP contribution in [0.2, 0.25) is 40.2 Å². The van der Waals surface area contributed by atoms with E-state index in [-0.39, 0.29) is 0 Å². The monoisotopic (exact) mass is 1020 g/mol. The Bertz CT molecular complexity index is 2670. The Labute approximate surface area is 384 Å². The van der Waals surface area contributed by atoms with Crippen molar-refractivity contribution in [1.29, 1.82) is 0 Å². The Morgan fingerprint density at radius 3 is 0.695 bits per heavy atom. The van der Waals surface area contributed by atoms with Gasteiger partial charge in [0.15, 0.2) is 0 Å². The van der Waals surface area contributed by atoms with E-state index in [0.29, 0.717) is 130 Å². The normalized spacial score (nSPS) is 11.8. The summed E-state index contributed by atoms with van der Waals surface area (Å²) in [4.78, 5) is 20.8. The summed E-state index contributed by atoms with van der Waals surface area (Å²) in [5.74, 6) is 0. The Morgan fingerprint density at radius 2 is 0.508 bits per heavy atom. The average molecular weight is 1020 g/mol. The molecule has 7 aromatic rings. The first-order valence-corrected chi connectivity index (χ1v) is 21.7. The molecule has 15 heteroatoms. The van der Waals surface area contributed by atoms with Crippen molar-refractivity contribution in [2.45, 2.75) is 0 Å². The van der Waals surface area contributed by atoms with Crippen LogP contribution in [-0.4, -0.2) is 9.97 Å². The second-order valence-corrected chi connectivity index (χ2v) is 16.4. The molecule has 9 rings (SSSR count). The van der Waals surface area contributed by atoms with Crippen LogP contribution in [0.1, 0.15) is 22.8 Å². The van der Waals surface area contributed by atoms with Crippen LogP contribution in [0, 0.1) is 0 Å². The summed E-state index contributed by atoms with van der Waals surface area (Å²) in [7, 11) is 0. The van der Waals surface area contributed by atoms with E-state index in [9.17, 15) is 0 Å². The minimum atomic E-state index is -1.79. The van der Waals surface area contributed by atoms with Crippen molar-refractivity contribution in [2.75, 3.05) is 0 Å². The first-order chi connectivity index (χ1) is 28.5. The molecule has 0 saturated carbocycles. The number of rotatable bonds is 4. The van der Waals surface area contributed by atoms with E-state index in [0.717, 1.165) is 0 Å². The van der Waals surface area contributed by atoms with Crippen LogP contribution in [0.25, 0.3) is 90.9 Å². The zero-order chi connectivity index (χ0) is 41.5. The predicted molar refractivity (Wildman–Crippen MR) is 240 cm³/mol. The third-order valence-electron chi connectivity index (χ3n) is 9.46. The zero-order valence-electron chi connectivity index (χ0n) is 29.5. The molecule has 0 spiro atoms. The van der Waals surface area contributed by atoms with Crippen molar-refractivity contribution in [3.63, 3.8) is 0 Å². The van der Waals surface area contributed by atoms with Crippen LogP contribution < -0.4 is 9.97 Å². The van der Waals surface area contributed by atoms with Crippen LogP contribution >= 0.6 is 92.8 Å². The fourth-order valence-electron chi connectivity index (χ4n) is 7.06. The number of halogens is 8. The summed E-state index contributed by atoms with van der Waals surface area (Å²) in [6.07, 6.45) is 7.53. The van der Waals surface area contributed by atoms with Gasteiger partial charge in [-0.25, -0.2) is 9.97 Å². The SMILES string of the molecule is Clc1cccc(Cl)c1-c1c2nc(c(-c3c(Cl)cccc3Cl)c3ccc([n-]3)c(-c3c(Cl)cccc3Cl)c3nc(c(-c4c(Cl)cccc4Cl)c4ccc1[n-]4)C=C3)C=C2.[O]=[Ru]=[O]. The Hall–Kier alpha value is -3.98. The van der Waals surface area contributed by atoms with E-state index in [1.54, 1.807) is 72.8 Å². The average Bonchev–Trinajstić information content (AvgIpc) is 4.04. The van der Waals surface area contributed by atoms with Crippen molar-refractivity contribution in [2.24, 2.45) is 0 Å². The first-order valence-electron chi connectivity index (χ1n) is 17.2. The van der Waals surface area contributed by atoms with Gasteiger partial charge in [0.2, 0.25) is 0 Å². The summed E-state index contributed by atoms with van der Waals surface area (Å²) >= 11 is 53.6. The molecule has 4 aromatic carbocycles. The van der Waals surface area contributed by atoms with Crippen molar-refractivity contribution in [1.82, 2.24) is 19.9 Å². The van der Waals surface area contributed by atoms with E-state index < -0.39 is 17.0 Å². The summed E-state index contributed by atoms with van der Waals surface area (Å²) in [6.45, 7) is 0. The molecule has 0 atom stereocenters. The maximum atomic E-state index is 8.46. The molecule has 0 saturated heterocycles. The molecule has 0 unspecified atom stereocenters. The van der Waals surface area contributed by atoms with Crippen LogP contribution in [0.3, 0.4) is 0 Å². The van der Waals surface area contributed by atoms with Gasteiger partial charge in [-0.1, -0.05) is 141 Å². The molecular formula is C44H20Cl8N4O2Ru-2. The van der Waals surface area contributed by atoms with Crippen LogP contribution in [0.15, 0.2) is 97.1 Å².